The highest BCUT2D eigenvalue weighted by Gasteiger charge is 2.34. The summed E-state index contributed by atoms with van der Waals surface area (Å²) in [5.41, 5.74) is 3.24. The summed E-state index contributed by atoms with van der Waals surface area (Å²) in [6.45, 7) is 4.92. The smallest absolute Gasteiger partial charge is 0.142 e. The maximum Gasteiger partial charge on any atom is 0.142 e. The molecule has 7 heteroatoms. The molecule has 1 saturated heterocycles. The number of ether oxygens (including phenoxy) is 4. The van der Waals surface area contributed by atoms with E-state index < -0.39 is 6.10 Å². The largest absolute Gasteiger partial charge is 0.490 e. The number of methoxy groups -OCH3 is 1. The van der Waals surface area contributed by atoms with Crippen LogP contribution in [-0.4, -0.2) is 63.8 Å². The molecule has 37 heavy (non-hydrogen) atoms. The summed E-state index contributed by atoms with van der Waals surface area (Å²) < 4.78 is 23.5. The van der Waals surface area contributed by atoms with Crippen LogP contribution in [0.2, 0.25) is 0 Å². The van der Waals surface area contributed by atoms with Gasteiger partial charge in [-0.3, -0.25) is 0 Å². The Balaban J connectivity index is 1.25. The van der Waals surface area contributed by atoms with Gasteiger partial charge in [-0.1, -0.05) is 36.4 Å². The zero-order valence-corrected chi connectivity index (χ0v) is 21.3. The fourth-order valence-corrected chi connectivity index (χ4v) is 5.10. The molecule has 1 fully saturated rings. The van der Waals surface area contributed by atoms with Crippen molar-refractivity contribution >= 4 is 5.69 Å². The Morgan fingerprint density at radius 2 is 1.81 bits per heavy atom. The van der Waals surface area contributed by atoms with E-state index in [0.717, 1.165) is 60.2 Å². The number of β-amino-alcohol motifs (C(OH)–C–C–N with tert-alkyl or cyclic N) is 1. The highest BCUT2D eigenvalue weighted by Crippen LogP contribution is 2.34. The van der Waals surface area contributed by atoms with E-state index in [2.05, 4.69) is 22.3 Å². The summed E-state index contributed by atoms with van der Waals surface area (Å²) in [5.74, 6) is 2.35. The van der Waals surface area contributed by atoms with Crippen molar-refractivity contribution in [3.63, 3.8) is 0 Å². The average molecular weight is 505 g/mol. The second-order valence-corrected chi connectivity index (χ2v) is 9.57. The average Bonchev–Trinajstić information content (AvgIpc) is 2.93. The molecule has 0 aliphatic carbocycles. The van der Waals surface area contributed by atoms with E-state index in [1.54, 1.807) is 7.11 Å². The van der Waals surface area contributed by atoms with Crippen LogP contribution in [0.4, 0.5) is 5.69 Å². The highest BCUT2D eigenvalue weighted by atomic mass is 16.5. The molecule has 3 aromatic carbocycles. The Bertz CT molecular complexity index is 1120. The van der Waals surface area contributed by atoms with Gasteiger partial charge >= 0.3 is 0 Å². The molecule has 5 rings (SSSR count). The monoisotopic (exact) mass is 504 g/mol. The molecule has 3 atom stereocenters. The van der Waals surface area contributed by atoms with E-state index >= 15 is 0 Å². The first-order valence-corrected chi connectivity index (χ1v) is 13.0. The van der Waals surface area contributed by atoms with Crippen LogP contribution < -0.4 is 19.7 Å². The van der Waals surface area contributed by atoms with Crippen LogP contribution in [0.3, 0.4) is 0 Å². The molecule has 0 aromatic heterocycles. The van der Waals surface area contributed by atoms with Crippen LogP contribution in [0, 0.1) is 0 Å². The van der Waals surface area contributed by atoms with Gasteiger partial charge in [-0.15, -0.1) is 0 Å². The number of aliphatic hydroxyl groups excluding tert-OH is 1. The number of para-hydroxylation sites is 1. The van der Waals surface area contributed by atoms with Gasteiger partial charge in [0.25, 0.3) is 0 Å². The van der Waals surface area contributed by atoms with Gasteiger partial charge in [0.05, 0.1) is 31.0 Å². The molecule has 2 N–H and O–H groups in total. The Hall–Kier alpha value is -3.10. The predicted octanol–water partition coefficient (Wildman–Crippen LogP) is 4.35. The normalized spacial score (nSPS) is 21.2. The molecular weight excluding hydrogens is 468 g/mol. The van der Waals surface area contributed by atoms with Crippen LogP contribution in [0.25, 0.3) is 0 Å². The molecule has 3 aromatic rings. The molecular formula is C30H36N2O5. The second kappa shape index (κ2) is 12.4. The molecule has 0 spiro atoms. The summed E-state index contributed by atoms with van der Waals surface area (Å²) in [6, 6.07) is 24.0. The van der Waals surface area contributed by atoms with E-state index in [9.17, 15) is 5.11 Å². The van der Waals surface area contributed by atoms with E-state index in [0.29, 0.717) is 26.3 Å². The van der Waals surface area contributed by atoms with E-state index in [4.69, 9.17) is 18.9 Å². The number of hydrogen-bond donors (Lipinski definition) is 2. The van der Waals surface area contributed by atoms with Crippen LogP contribution in [0.5, 0.6) is 17.2 Å². The summed E-state index contributed by atoms with van der Waals surface area (Å²) >= 11 is 0. The second-order valence-electron chi connectivity index (χ2n) is 9.57. The molecule has 2 aliphatic heterocycles. The number of anilines is 1. The summed E-state index contributed by atoms with van der Waals surface area (Å²) in [7, 11) is 1.74. The maximum atomic E-state index is 10.9. The number of nitrogens with one attached hydrogen (secondary N) is 1. The number of aliphatic hydroxyl groups is 1. The first-order chi connectivity index (χ1) is 18.2. The maximum absolute atomic E-state index is 10.9. The molecule has 3 unspecified atom stereocenters. The number of piperidine rings is 1. The van der Waals surface area contributed by atoms with Crippen molar-refractivity contribution in [3.8, 4) is 17.2 Å². The quantitative estimate of drug-likeness (QED) is 0.398. The lowest BCUT2D eigenvalue weighted by atomic mass is 9.85. The molecule has 196 valence electrons. The van der Waals surface area contributed by atoms with Gasteiger partial charge < -0.3 is 34.3 Å². The van der Waals surface area contributed by atoms with Crippen molar-refractivity contribution in [1.82, 2.24) is 5.32 Å². The number of nitrogens with zero attached hydrogens (tertiary/aromatic N) is 1. The van der Waals surface area contributed by atoms with Crippen LogP contribution in [-0.2, 0) is 16.1 Å². The molecule has 2 aliphatic rings. The minimum Gasteiger partial charge on any atom is -0.490 e. The van der Waals surface area contributed by atoms with Crippen molar-refractivity contribution in [1.29, 1.82) is 0 Å². The third-order valence-electron chi connectivity index (χ3n) is 6.98. The van der Waals surface area contributed by atoms with Gasteiger partial charge in [-0.05, 0) is 53.9 Å². The van der Waals surface area contributed by atoms with E-state index in [-0.39, 0.29) is 12.0 Å². The standard InChI is InChI=1S/C30H36N2O5/c1-34-16-5-14-32-15-17-35-28-13-8-22(18-26(28)32)21-36-29-20-31-19-27(33)30(29)23-9-11-25(12-10-23)37-24-6-3-2-4-7-24/h2-4,6-13,18,27,29-31,33H,5,14-17,19-21H2,1H3. The number of fused-ring (bicyclic) bond motifs is 1. The molecule has 0 radical (unpaired) electrons. The third-order valence-corrected chi connectivity index (χ3v) is 6.98. The van der Waals surface area contributed by atoms with Crippen LogP contribution in [0.1, 0.15) is 23.5 Å². The first kappa shape index (κ1) is 25.5. The summed E-state index contributed by atoms with van der Waals surface area (Å²) in [5, 5.41) is 14.2. The molecule has 0 saturated carbocycles. The molecule has 7 nitrogen and oxygen atoms in total. The Morgan fingerprint density at radius 1 is 1.00 bits per heavy atom. The van der Waals surface area contributed by atoms with E-state index in [1.807, 2.05) is 60.7 Å². The lowest BCUT2D eigenvalue weighted by molar-refractivity contribution is -0.0328. The van der Waals surface area contributed by atoms with Crippen LogP contribution >= 0.6 is 0 Å². The number of hydrogen-bond acceptors (Lipinski definition) is 7. The predicted molar refractivity (Wildman–Crippen MR) is 144 cm³/mol. The van der Waals surface area contributed by atoms with Crippen molar-refractivity contribution in [2.45, 2.75) is 31.2 Å². The van der Waals surface area contributed by atoms with Crippen molar-refractivity contribution < 1.29 is 24.1 Å². The number of benzene rings is 3. The topological polar surface area (TPSA) is 72.4 Å². The Labute approximate surface area is 218 Å². The Kier molecular flexibility index (Phi) is 8.58. The Morgan fingerprint density at radius 3 is 2.62 bits per heavy atom. The van der Waals surface area contributed by atoms with Crippen molar-refractivity contribution in [3.05, 3.63) is 83.9 Å². The lowest BCUT2D eigenvalue weighted by Gasteiger charge is -2.36. The molecule has 0 amide bonds. The van der Waals surface area contributed by atoms with Gasteiger partial charge in [0.1, 0.15) is 23.9 Å². The lowest BCUT2D eigenvalue weighted by Crippen LogP contribution is -2.49. The van der Waals surface area contributed by atoms with Gasteiger partial charge in [0, 0.05) is 39.3 Å². The zero-order chi connectivity index (χ0) is 25.5. The van der Waals surface area contributed by atoms with Crippen molar-refractivity contribution in [2.24, 2.45) is 0 Å². The van der Waals surface area contributed by atoms with Gasteiger partial charge in [0.15, 0.2) is 0 Å². The number of rotatable bonds is 10. The fraction of sp³-hybridized carbons (Fsp3) is 0.400. The first-order valence-electron chi connectivity index (χ1n) is 13.0. The zero-order valence-electron chi connectivity index (χ0n) is 21.3. The third kappa shape index (κ3) is 6.43. The minimum absolute atomic E-state index is 0.126. The molecule has 0 bridgehead atoms. The van der Waals surface area contributed by atoms with Gasteiger partial charge in [-0.25, -0.2) is 0 Å². The van der Waals surface area contributed by atoms with Gasteiger partial charge in [0.2, 0.25) is 0 Å². The summed E-state index contributed by atoms with van der Waals surface area (Å²) in [6.07, 6.45) is 0.279. The van der Waals surface area contributed by atoms with E-state index in [1.165, 1.54) is 0 Å². The summed E-state index contributed by atoms with van der Waals surface area (Å²) in [4.78, 5) is 2.36. The SMILES string of the molecule is COCCCN1CCOc2ccc(COC3CNCC(O)C3c3ccc(Oc4ccccc4)cc3)cc21. The molecule has 2 heterocycles. The highest BCUT2D eigenvalue weighted by molar-refractivity contribution is 5.61. The fourth-order valence-electron chi connectivity index (χ4n) is 5.10. The van der Waals surface area contributed by atoms with Crippen molar-refractivity contribution in [2.75, 3.05) is 51.4 Å². The van der Waals surface area contributed by atoms with Crippen LogP contribution in [0.15, 0.2) is 72.8 Å². The van der Waals surface area contributed by atoms with Gasteiger partial charge in [-0.2, -0.15) is 0 Å². The minimum atomic E-state index is -0.534.